The van der Waals surface area contributed by atoms with E-state index in [1.807, 2.05) is 26.0 Å². The first kappa shape index (κ1) is 27.5. The van der Waals surface area contributed by atoms with E-state index in [4.69, 9.17) is 21.3 Å². The summed E-state index contributed by atoms with van der Waals surface area (Å²) in [5.74, 6) is -0.209. The van der Waals surface area contributed by atoms with Gasteiger partial charge in [0, 0.05) is 42.5 Å². The first-order chi connectivity index (χ1) is 18.7. The number of anilines is 2. The molecule has 1 N–H and O–H groups in total. The van der Waals surface area contributed by atoms with Crippen LogP contribution in [0, 0.1) is 13.8 Å². The zero-order chi connectivity index (χ0) is 27.6. The third kappa shape index (κ3) is 6.42. The number of carbonyl (C=O) groups is 1. The quantitative estimate of drug-likeness (QED) is 0.300. The number of benzene rings is 3. The van der Waals surface area contributed by atoms with Gasteiger partial charge >= 0.3 is 0 Å². The maximum atomic E-state index is 13.8. The monoisotopic (exact) mass is 584 g/mol. The summed E-state index contributed by atoms with van der Waals surface area (Å²) in [6.07, 6.45) is 0. The summed E-state index contributed by atoms with van der Waals surface area (Å²) < 4.78 is 34.5. The van der Waals surface area contributed by atoms with E-state index in [1.54, 1.807) is 53.4 Å². The molecule has 1 aliphatic heterocycles. The molecule has 3 aromatic carbocycles. The van der Waals surface area contributed by atoms with Crippen LogP contribution in [0.3, 0.4) is 0 Å². The first-order valence-electron chi connectivity index (χ1n) is 12.6. The van der Waals surface area contributed by atoms with E-state index in [0.717, 1.165) is 34.4 Å². The minimum Gasteiger partial charge on any atom is -0.379 e. The van der Waals surface area contributed by atoms with Crippen LogP contribution in [0.4, 0.5) is 10.8 Å². The molecule has 1 saturated heterocycles. The van der Waals surface area contributed by atoms with E-state index in [1.165, 1.54) is 11.3 Å². The van der Waals surface area contributed by atoms with Crippen LogP contribution in [-0.4, -0.2) is 63.6 Å². The molecule has 1 aliphatic rings. The van der Waals surface area contributed by atoms with Gasteiger partial charge in [0.25, 0.3) is 15.9 Å². The summed E-state index contributed by atoms with van der Waals surface area (Å²) in [7, 11) is -3.75. The predicted octanol–water partition coefficient (Wildman–Crippen LogP) is 5.35. The zero-order valence-electron chi connectivity index (χ0n) is 21.7. The highest BCUT2D eigenvalue weighted by Crippen LogP contribution is 2.34. The number of aryl methyl sites for hydroxylation is 2. The Morgan fingerprint density at radius 2 is 1.77 bits per heavy atom. The highest BCUT2D eigenvalue weighted by molar-refractivity contribution is 7.92. The number of amides is 1. The summed E-state index contributed by atoms with van der Waals surface area (Å²) in [5, 5.41) is 1.22. The lowest BCUT2D eigenvalue weighted by molar-refractivity contribution is 0.0391. The SMILES string of the molecule is Cc1ccc(S(=O)(=O)Nc2ccc(C(=O)N(CCN3CCOCC3)c3nc4c(C)cc(Cl)cc4s3)cc2)cc1. The Hall–Kier alpha value is -3.02. The van der Waals surface area contributed by atoms with Gasteiger partial charge in [0.05, 0.1) is 28.3 Å². The summed E-state index contributed by atoms with van der Waals surface area (Å²) in [5.41, 5.74) is 3.55. The third-order valence-corrected chi connectivity index (χ3v) is 9.21. The van der Waals surface area contributed by atoms with Crippen molar-refractivity contribution in [2.75, 3.05) is 49.0 Å². The van der Waals surface area contributed by atoms with Gasteiger partial charge in [0.15, 0.2) is 5.13 Å². The van der Waals surface area contributed by atoms with Crippen LogP contribution in [0.25, 0.3) is 10.2 Å². The minimum atomic E-state index is -3.75. The largest absolute Gasteiger partial charge is 0.379 e. The molecule has 2 heterocycles. The summed E-state index contributed by atoms with van der Waals surface area (Å²) in [6, 6.07) is 16.8. The van der Waals surface area contributed by atoms with Gasteiger partial charge in [-0.2, -0.15) is 0 Å². The molecule has 1 fully saturated rings. The van der Waals surface area contributed by atoms with Gasteiger partial charge in [-0.15, -0.1) is 0 Å². The van der Waals surface area contributed by atoms with Crippen molar-refractivity contribution in [1.29, 1.82) is 0 Å². The van der Waals surface area contributed by atoms with Crippen LogP contribution >= 0.6 is 22.9 Å². The number of hydrogen-bond acceptors (Lipinski definition) is 7. The van der Waals surface area contributed by atoms with Crippen molar-refractivity contribution in [3.63, 3.8) is 0 Å². The lowest BCUT2D eigenvalue weighted by Crippen LogP contribution is -2.43. The molecule has 204 valence electrons. The maximum Gasteiger partial charge on any atom is 0.261 e. The number of nitrogens with zero attached hydrogens (tertiary/aromatic N) is 3. The van der Waals surface area contributed by atoms with Crippen molar-refractivity contribution < 1.29 is 17.9 Å². The lowest BCUT2D eigenvalue weighted by atomic mass is 10.2. The number of morpholine rings is 1. The van der Waals surface area contributed by atoms with Crippen molar-refractivity contribution in [1.82, 2.24) is 9.88 Å². The van der Waals surface area contributed by atoms with Gasteiger partial charge in [0.1, 0.15) is 0 Å². The van der Waals surface area contributed by atoms with E-state index in [0.29, 0.717) is 47.7 Å². The zero-order valence-corrected chi connectivity index (χ0v) is 24.1. The standard InChI is InChI=1S/C28H29ClN4O4S2/c1-19-3-9-24(10-4-19)39(35,36)31-23-7-5-21(6-8-23)27(34)33(12-11-32-13-15-37-16-14-32)28-30-26-20(2)17-22(29)18-25(26)38-28/h3-10,17-18,31H,11-16H2,1-2H3. The first-order valence-corrected chi connectivity index (χ1v) is 15.3. The van der Waals surface area contributed by atoms with Gasteiger partial charge in [-0.05, 0) is 67.9 Å². The highest BCUT2D eigenvalue weighted by atomic mass is 35.5. The molecule has 1 aromatic heterocycles. The minimum absolute atomic E-state index is 0.175. The number of aromatic nitrogens is 1. The van der Waals surface area contributed by atoms with Crippen molar-refractivity contribution in [3.05, 3.63) is 82.4 Å². The van der Waals surface area contributed by atoms with Gasteiger partial charge in [0.2, 0.25) is 0 Å². The number of rotatable bonds is 8. The Kier molecular flexibility index (Phi) is 8.20. The lowest BCUT2D eigenvalue weighted by Gasteiger charge is -2.29. The Balaban J connectivity index is 1.39. The van der Waals surface area contributed by atoms with Crippen molar-refractivity contribution in [2.24, 2.45) is 0 Å². The molecule has 39 heavy (non-hydrogen) atoms. The number of thiazole rings is 1. The second kappa shape index (κ2) is 11.6. The van der Waals surface area contributed by atoms with Crippen molar-refractivity contribution in [2.45, 2.75) is 18.7 Å². The number of sulfonamides is 1. The maximum absolute atomic E-state index is 13.8. The summed E-state index contributed by atoms with van der Waals surface area (Å²) in [6.45, 7) is 7.95. The van der Waals surface area contributed by atoms with Gasteiger partial charge < -0.3 is 4.74 Å². The van der Waals surface area contributed by atoms with Gasteiger partial charge in [-0.25, -0.2) is 13.4 Å². The highest BCUT2D eigenvalue weighted by Gasteiger charge is 2.24. The fourth-order valence-electron chi connectivity index (χ4n) is 4.38. The van der Waals surface area contributed by atoms with Crippen LogP contribution in [-0.2, 0) is 14.8 Å². The molecule has 0 bridgehead atoms. The number of nitrogens with one attached hydrogen (secondary N) is 1. The molecule has 0 radical (unpaired) electrons. The van der Waals surface area contributed by atoms with Crippen molar-refractivity contribution in [3.8, 4) is 0 Å². The van der Waals surface area contributed by atoms with E-state index < -0.39 is 10.0 Å². The van der Waals surface area contributed by atoms with Crippen LogP contribution in [0.15, 0.2) is 65.6 Å². The molecule has 0 unspecified atom stereocenters. The van der Waals surface area contributed by atoms with E-state index >= 15 is 0 Å². The van der Waals surface area contributed by atoms with E-state index in [-0.39, 0.29) is 10.8 Å². The predicted molar refractivity (Wildman–Crippen MR) is 157 cm³/mol. The second-order valence-electron chi connectivity index (χ2n) is 9.47. The molecule has 0 spiro atoms. The van der Waals surface area contributed by atoms with Crippen LogP contribution in [0.5, 0.6) is 0 Å². The van der Waals surface area contributed by atoms with Crippen molar-refractivity contribution >= 4 is 59.9 Å². The fourth-order valence-corrected chi connectivity index (χ4v) is 6.88. The number of ether oxygens (including phenoxy) is 1. The summed E-state index contributed by atoms with van der Waals surface area (Å²) in [4.78, 5) is 22.7. The average Bonchev–Trinajstić information content (AvgIpc) is 3.34. The molecule has 8 nitrogen and oxygen atoms in total. The van der Waals surface area contributed by atoms with Gasteiger partial charge in [-0.1, -0.05) is 40.6 Å². The number of halogens is 1. The van der Waals surface area contributed by atoms with Crippen LogP contribution in [0.1, 0.15) is 21.5 Å². The summed E-state index contributed by atoms with van der Waals surface area (Å²) >= 11 is 7.70. The van der Waals surface area contributed by atoms with Crippen LogP contribution < -0.4 is 9.62 Å². The third-order valence-electron chi connectivity index (χ3n) is 6.57. The molecule has 1 amide bonds. The Labute approximate surface area is 237 Å². The molecular weight excluding hydrogens is 556 g/mol. The van der Waals surface area contributed by atoms with E-state index in [2.05, 4.69) is 9.62 Å². The molecule has 0 saturated carbocycles. The molecule has 4 aromatic rings. The van der Waals surface area contributed by atoms with E-state index in [9.17, 15) is 13.2 Å². The smallest absolute Gasteiger partial charge is 0.261 e. The molecule has 0 aliphatic carbocycles. The number of fused-ring (bicyclic) bond motifs is 1. The topological polar surface area (TPSA) is 91.8 Å². The Morgan fingerprint density at radius 1 is 1.08 bits per heavy atom. The van der Waals surface area contributed by atoms with Gasteiger partial charge in [-0.3, -0.25) is 19.3 Å². The number of carbonyl (C=O) groups excluding carboxylic acids is 1. The molecular formula is C28H29ClN4O4S2. The Morgan fingerprint density at radius 3 is 2.46 bits per heavy atom. The molecule has 11 heteroatoms. The number of hydrogen-bond donors (Lipinski definition) is 1. The second-order valence-corrected chi connectivity index (χ2v) is 12.6. The Bertz CT molecular complexity index is 1580. The molecule has 5 rings (SSSR count). The molecule has 0 atom stereocenters. The van der Waals surface area contributed by atoms with Crippen LogP contribution in [0.2, 0.25) is 5.02 Å². The normalized spacial score (nSPS) is 14.4. The fraction of sp³-hybridized carbons (Fsp3) is 0.286. The average molecular weight is 585 g/mol.